The summed E-state index contributed by atoms with van der Waals surface area (Å²) in [6.07, 6.45) is 2.79. The van der Waals surface area contributed by atoms with E-state index in [-0.39, 0.29) is 11.3 Å². The fourth-order valence-corrected chi connectivity index (χ4v) is 3.73. The van der Waals surface area contributed by atoms with E-state index in [0.717, 1.165) is 36.3 Å². The highest BCUT2D eigenvalue weighted by Gasteiger charge is 2.54. The first-order chi connectivity index (χ1) is 11.1. The van der Waals surface area contributed by atoms with Gasteiger partial charge in [-0.15, -0.1) is 0 Å². The Morgan fingerprint density at radius 2 is 1.91 bits per heavy atom. The molecule has 0 aromatic heterocycles. The molecular weight excluding hydrogens is 310 g/mol. The molecule has 0 saturated heterocycles. The fourth-order valence-electron chi connectivity index (χ4n) is 3.44. The number of amides is 1. The minimum absolute atomic E-state index is 0.176. The van der Waals surface area contributed by atoms with E-state index in [1.807, 2.05) is 41.3 Å². The quantitative estimate of drug-likeness (QED) is 0.844. The van der Waals surface area contributed by atoms with E-state index in [0.29, 0.717) is 11.6 Å². The smallest absolute Gasteiger partial charge is 0.233 e. The van der Waals surface area contributed by atoms with Crippen LogP contribution in [-0.4, -0.2) is 13.0 Å². The van der Waals surface area contributed by atoms with Crippen LogP contribution in [0.3, 0.4) is 0 Å². The Hall–Kier alpha value is -2.00. The van der Waals surface area contributed by atoms with E-state index < -0.39 is 0 Å². The van der Waals surface area contributed by atoms with Gasteiger partial charge in [-0.25, -0.2) is 0 Å². The molecule has 1 fully saturated rings. The number of carbonyl (C=O) groups is 1. The first-order valence-electron chi connectivity index (χ1n) is 7.85. The fraction of sp³-hybridized carbons (Fsp3) is 0.316. The van der Waals surface area contributed by atoms with Crippen molar-refractivity contribution >= 4 is 23.2 Å². The maximum Gasteiger partial charge on any atom is 0.233 e. The number of carbonyl (C=O) groups excluding carboxylic acids is 1. The lowest BCUT2D eigenvalue weighted by molar-refractivity contribution is -0.124. The van der Waals surface area contributed by atoms with E-state index in [2.05, 4.69) is 6.07 Å². The molecule has 0 bridgehead atoms. The molecule has 23 heavy (non-hydrogen) atoms. The first-order valence-corrected chi connectivity index (χ1v) is 8.23. The number of para-hydroxylation sites is 1. The maximum atomic E-state index is 13.0. The van der Waals surface area contributed by atoms with Crippen molar-refractivity contribution in [2.24, 2.45) is 5.41 Å². The van der Waals surface area contributed by atoms with Crippen molar-refractivity contribution in [3.63, 3.8) is 0 Å². The summed E-state index contributed by atoms with van der Waals surface area (Å²) < 4.78 is 5.20. The monoisotopic (exact) mass is 327 g/mol. The van der Waals surface area contributed by atoms with Gasteiger partial charge >= 0.3 is 0 Å². The van der Waals surface area contributed by atoms with Crippen molar-refractivity contribution in [1.29, 1.82) is 0 Å². The molecule has 0 atom stereocenters. The molecule has 4 rings (SSSR count). The van der Waals surface area contributed by atoms with Crippen molar-refractivity contribution in [2.45, 2.75) is 25.8 Å². The average molecular weight is 328 g/mol. The van der Waals surface area contributed by atoms with Gasteiger partial charge in [0.1, 0.15) is 5.75 Å². The molecule has 0 N–H and O–H groups in total. The number of ether oxygens (including phenoxy) is 1. The Bertz CT molecular complexity index is 765. The summed E-state index contributed by atoms with van der Waals surface area (Å²) in [5.74, 6) is 1.03. The number of halogens is 1. The third kappa shape index (κ3) is 2.40. The van der Waals surface area contributed by atoms with Crippen LogP contribution in [0.25, 0.3) is 0 Å². The molecule has 4 heteroatoms. The van der Waals surface area contributed by atoms with Gasteiger partial charge in [0.15, 0.2) is 0 Å². The summed E-state index contributed by atoms with van der Waals surface area (Å²) in [5, 5.41) is 0.653. The summed E-state index contributed by atoms with van der Waals surface area (Å²) in [7, 11) is 1.65. The third-order valence-electron chi connectivity index (χ3n) is 4.92. The van der Waals surface area contributed by atoms with Gasteiger partial charge in [0.05, 0.1) is 29.8 Å². The lowest BCUT2D eigenvalue weighted by Crippen LogP contribution is -2.42. The molecule has 118 valence electrons. The highest BCUT2D eigenvalue weighted by atomic mass is 35.5. The maximum absolute atomic E-state index is 13.0. The van der Waals surface area contributed by atoms with Gasteiger partial charge in [0.25, 0.3) is 0 Å². The Kier molecular flexibility index (Phi) is 3.34. The van der Waals surface area contributed by atoms with E-state index in [1.54, 1.807) is 7.11 Å². The van der Waals surface area contributed by atoms with Gasteiger partial charge < -0.3 is 9.64 Å². The van der Waals surface area contributed by atoms with Gasteiger partial charge in [0.2, 0.25) is 5.91 Å². The van der Waals surface area contributed by atoms with E-state index in [1.165, 1.54) is 5.56 Å². The molecule has 1 amide bonds. The van der Waals surface area contributed by atoms with Crippen molar-refractivity contribution in [3.05, 3.63) is 58.6 Å². The Labute approximate surface area is 140 Å². The number of fused-ring (bicyclic) bond motifs is 1. The molecule has 1 spiro atoms. The minimum Gasteiger partial charge on any atom is -0.497 e. The van der Waals surface area contributed by atoms with Crippen LogP contribution in [0.15, 0.2) is 42.5 Å². The number of nitrogens with zero attached hydrogens (tertiary/aromatic N) is 1. The molecule has 3 nitrogen and oxygen atoms in total. The predicted octanol–water partition coefficient (Wildman–Crippen LogP) is 4.22. The molecular formula is C19H18ClNO2. The molecule has 2 aliphatic rings. The topological polar surface area (TPSA) is 29.5 Å². The summed E-state index contributed by atoms with van der Waals surface area (Å²) in [4.78, 5) is 14.9. The molecule has 2 aromatic rings. The Morgan fingerprint density at radius 3 is 2.57 bits per heavy atom. The second-order valence-corrected chi connectivity index (χ2v) is 6.85. The summed E-state index contributed by atoms with van der Waals surface area (Å²) in [6.45, 7) is 0.543. The zero-order valence-corrected chi connectivity index (χ0v) is 13.8. The lowest BCUT2D eigenvalue weighted by Gasteiger charge is -2.35. The average Bonchev–Trinajstić information content (AvgIpc) is 3.33. The standard InChI is InChI=1S/C19H18ClNO2/c1-23-15-7-5-13(6-8-15)12-21-17-14(3-2-4-16(17)20)11-19(9-10-19)18(21)22/h2-8H,9-12H2,1H3. The van der Waals surface area contributed by atoms with Crippen LogP contribution in [0.4, 0.5) is 5.69 Å². The van der Waals surface area contributed by atoms with Crippen molar-refractivity contribution in [3.8, 4) is 5.75 Å². The second kappa shape index (κ2) is 5.27. The highest BCUT2D eigenvalue weighted by Crippen LogP contribution is 2.55. The Morgan fingerprint density at radius 1 is 1.17 bits per heavy atom. The molecule has 1 heterocycles. The van der Waals surface area contributed by atoms with Crippen LogP contribution in [-0.2, 0) is 17.8 Å². The van der Waals surface area contributed by atoms with E-state index in [4.69, 9.17) is 16.3 Å². The molecule has 2 aromatic carbocycles. The van der Waals surface area contributed by atoms with Crippen LogP contribution in [0, 0.1) is 5.41 Å². The van der Waals surface area contributed by atoms with Gasteiger partial charge in [-0.1, -0.05) is 35.9 Å². The first kappa shape index (κ1) is 14.6. The van der Waals surface area contributed by atoms with Crippen LogP contribution in [0.2, 0.25) is 5.02 Å². The SMILES string of the molecule is COc1ccc(CN2C(=O)C3(CC3)Cc3cccc(Cl)c32)cc1. The number of anilines is 1. The Balaban J connectivity index is 1.72. The zero-order chi connectivity index (χ0) is 16.0. The van der Waals surface area contributed by atoms with Crippen molar-refractivity contribution < 1.29 is 9.53 Å². The van der Waals surface area contributed by atoms with E-state index in [9.17, 15) is 4.79 Å². The molecule has 1 aliphatic heterocycles. The van der Waals surface area contributed by atoms with Gasteiger partial charge in [-0.3, -0.25) is 4.79 Å². The van der Waals surface area contributed by atoms with Gasteiger partial charge in [-0.05, 0) is 48.6 Å². The number of hydrogen-bond donors (Lipinski definition) is 0. The normalized spacial score (nSPS) is 18.0. The predicted molar refractivity (Wildman–Crippen MR) is 91.0 cm³/mol. The molecule has 1 saturated carbocycles. The number of hydrogen-bond acceptors (Lipinski definition) is 2. The summed E-state index contributed by atoms with van der Waals surface area (Å²) >= 11 is 6.42. The van der Waals surface area contributed by atoms with E-state index >= 15 is 0 Å². The molecule has 0 radical (unpaired) electrons. The third-order valence-corrected chi connectivity index (χ3v) is 5.23. The molecule has 0 unspecified atom stereocenters. The van der Waals surface area contributed by atoms with Crippen LogP contribution < -0.4 is 9.64 Å². The highest BCUT2D eigenvalue weighted by molar-refractivity contribution is 6.34. The van der Waals surface area contributed by atoms with Gasteiger partial charge in [0, 0.05) is 0 Å². The summed E-state index contributed by atoms with van der Waals surface area (Å²) in [5.41, 5.74) is 2.96. The number of rotatable bonds is 3. The second-order valence-electron chi connectivity index (χ2n) is 6.44. The van der Waals surface area contributed by atoms with Gasteiger partial charge in [-0.2, -0.15) is 0 Å². The molecule has 1 aliphatic carbocycles. The number of methoxy groups -OCH3 is 1. The largest absolute Gasteiger partial charge is 0.497 e. The lowest BCUT2D eigenvalue weighted by atomic mass is 9.88. The van der Waals surface area contributed by atoms with Crippen LogP contribution in [0.5, 0.6) is 5.75 Å². The van der Waals surface area contributed by atoms with Crippen molar-refractivity contribution in [2.75, 3.05) is 12.0 Å². The number of benzene rings is 2. The van der Waals surface area contributed by atoms with Crippen LogP contribution >= 0.6 is 11.6 Å². The minimum atomic E-state index is -0.176. The summed E-state index contributed by atoms with van der Waals surface area (Å²) in [6, 6.07) is 13.8. The van der Waals surface area contributed by atoms with Crippen LogP contribution in [0.1, 0.15) is 24.0 Å². The van der Waals surface area contributed by atoms with Crippen molar-refractivity contribution in [1.82, 2.24) is 0 Å². The zero-order valence-electron chi connectivity index (χ0n) is 13.0.